The van der Waals surface area contributed by atoms with E-state index in [1.807, 2.05) is 24.3 Å². The van der Waals surface area contributed by atoms with E-state index >= 15 is 0 Å². The normalized spacial score (nSPS) is 10.3. The summed E-state index contributed by atoms with van der Waals surface area (Å²) < 4.78 is 10.6. The van der Waals surface area contributed by atoms with Crippen LogP contribution in [-0.4, -0.2) is 11.9 Å². The van der Waals surface area contributed by atoms with Crippen molar-refractivity contribution in [3.8, 4) is 11.5 Å². The molecule has 2 aromatic rings. The number of nitrogens with one attached hydrogen (secondary N) is 1. The lowest BCUT2D eigenvalue weighted by Crippen LogP contribution is -2.13. The predicted molar refractivity (Wildman–Crippen MR) is 123 cm³/mol. The van der Waals surface area contributed by atoms with E-state index in [0.717, 1.165) is 36.8 Å². The number of rotatable bonds is 14. The minimum absolute atomic E-state index is 0.224. The summed E-state index contributed by atoms with van der Waals surface area (Å²) in [4.78, 5) is 23.5. The first-order valence-corrected chi connectivity index (χ1v) is 10.6. The Morgan fingerprint density at radius 3 is 1.45 bits per heavy atom. The zero-order valence-electron chi connectivity index (χ0n) is 18.0. The molecule has 1 N–H and O–H groups in total. The van der Waals surface area contributed by atoms with Gasteiger partial charge in [-0.2, -0.15) is 0 Å². The first-order chi connectivity index (χ1) is 15.1. The molecule has 0 atom stereocenters. The molecule has 2 aromatic carbocycles. The average Bonchev–Trinajstić information content (AvgIpc) is 2.76. The number of benzene rings is 2. The lowest BCUT2D eigenvalue weighted by atomic mass is 10.2. The van der Waals surface area contributed by atoms with Gasteiger partial charge in [0.05, 0.1) is 0 Å². The molecule has 0 aliphatic carbocycles. The van der Waals surface area contributed by atoms with Crippen LogP contribution in [0.25, 0.3) is 0 Å². The van der Waals surface area contributed by atoms with Crippen molar-refractivity contribution in [1.29, 1.82) is 0 Å². The zero-order valence-corrected chi connectivity index (χ0v) is 18.0. The molecule has 0 aromatic heterocycles. The van der Waals surface area contributed by atoms with Gasteiger partial charge in [0.2, 0.25) is 0 Å². The predicted octanol–water partition coefficient (Wildman–Crippen LogP) is 5.50. The second kappa shape index (κ2) is 13.9. The van der Waals surface area contributed by atoms with Crippen LogP contribution in [0, 0.1) is 0 Å². The standard InChI is InChI=1S/C26H31NO4/c1-3-5-7-9-25(28)30-23-15-11-21(12-16-23)19-27-20-22-13-17-24(18-14-22)31-26(29)10-8-6-4-2/h3-4,11-18,27H,1-2,5-10,19-20H2. The Balaban J connectivity index is 1.70. The Kier molecular flexibility index (Phi) is 10.8. The first-order valence-electron chi connectivity index (χ1n) is 10.6. The van der Waals surface area contributed by atoms with Gasteiger partial charge in [-0.1, -0.05) is 36.4 Å². The summed E-state index contributed by atoms with van der Waals surface area (Å²) >= 11 is 0. The van der Waals surface area contributed by atoms with E-state index in [9.17, 15) is 9.59 Å². The number of hydrogen-bond donors (Lipinski definition) is 1. The molecule has 0 bridgehead atoms. The van der Waals surface area contributed by atoms with Gasteiger partial charge in [0.15, 0.2) is 0 Å². The first kappa shape index (κ1) is 24.1. The van der Waals surface area contributed by atoms with Crippen LogP contribution in [0.3, 0.4) is 0 Å². The molecule has 0 radical (unpaired) electrons. The molecule has 0 aliphatic heterocycles. The van der Waals surface area contributed by atoms with Crippen molar-refractivity contribution in [3.05, 3.63) is 85.0 Å². The van der Waals surface area contributed by atoms with E-state index in [1.165, 1.54) is 0 Å². The highest BCUT2D eigenvalue weighted by Crippen LogP contribution is 2.15. The molecular formula is C26H31NO4. The van der Waals surface area contributed by atoms with Crippen LogP contribution < -0.4 is 14.8 Å². The summed E-state index contributed by atoms with van der Waals surface area (Å²) in [6.07, 6.45) is 7.50. The number of unbranched alkanes of at least 4 members (excludes halogenated alkanes) is 2. The Hall–Kier alpha value is -3.18. The molecule has 0 saturated heterocycles. The monoisotopic (exact) mass is 421 g/mol. The number of ether oxygens (including phenoxy) is 2. The largest absolute Gasteiger partial charge is 0.427 e. The van der Waals surface area contributed by atoms with Gasteiger partial charge in [0.1, 0.15) is 11.5 Å². The van der Waals surface area contributed by atoms with E-state index in [0.29, 0.717) is 37.4 Å². The summed E-state index contributed by atoms with van der Waals surface area (Å²) in [6, 6.07) is 15.0. The SMILES string of the molecule is C=CCCCC(=O)Oc1ccc(CNCc2ccc(OC(=O)CCCC=C)cc2)cc1. The molecule has 0 saturated carbocycles. The molecule has 2 rings (SSSR count). The van der Waals surface area contributed by atoms with Crippen LogP contribution in [-0.2, 0) is 22.7 Å². The highest BCUT2D eigenvalue weighted by Gasteiger charge is 2.05. The lowest BCUT2D eigenvalue weighted by molar-refractivity contribution is -0.135. The summed E-state index contributed by atoms with van der Waals surface area (Å²) in [6.45, 7) is 8.66. The Bertz CT molecular complexity index is 769. The fraction of sp³-hybridized carbons (Fsp3) is 0.308. The topological polar surface area (TPSA) is 64.6 Å². The van der Waals surface area contributed by atoms with Crippen molar-refractivity contribution in [1.82, 2.24) is 5.32 Å². The third kappa shape index (κ3) is 9.92. The van der Waals surface area contributed by atoms with Gasteiger partial charge < -0.3 is 14.8 Å². The van der Waals surface area contributed by atoms with Gasteiger partial charge in [-0.05, 0) is 61.1 Å². The van der Waals surface area contributed by atoms with Crippen LogP contribution in [0.15, 0.2) is 73.8 Å². The van der Waals surface area contributed by atoms with Gasteiger partial charge in [-0.15, -0.1) is 13.2 Å². The van der Waals surface area contributed by atoms with Crippen molar-refractivity contribution in [3.63, 3.8) is 0 Å². The summed E-state index contributed by atoms with van der Waals surface area (Å²) in [5, 5.41) is 3.37. The van der Waals surface area contributed by atoms with Gasteiger partial charge in [-0.25, -0.2) is 0 Å². The minimum atomic E-state index is -0.224. The molecule has 164 valence electrons. The third-order valence-electron chi connectivity index (χ3n) is 4.55. The summed E-state index contributed by atoms with van der Waals surface area (Å²) in [5.41, 5.74) is 2.19. The molecule has 31 heavy (non-hydrogen) atoms. The summed E-state index contributed by atoms with van der Waals surface area (Å²) in [5.74, 6) is 0.668. The van der Waals surface area contributed by atoms with Crippen molar-refractivity contribution < 1.29 is 19.1 Å². The van der Waals surface area contributed by atoms with Crippen molar-refractivity contribution in [2.75, 3.05) is 0 Å². The molecule has 0 amide bonds. The lowest BCUT2D eigenvalue weighted by Gasteiger charge is -2.08. The average molecular weight is 422 g/mol. The number of esters is 2. The van der Waals surface area contributed by atoms with Gasteiger partial charge >= 0.3 is 11.9 Å². The number of carbonyl (C=O) groups excluding carboxylic acids is 2. The van der Waals surface area contributed by atoms with Crippen LogP contribution in [0.2, 0.25) is 0 Å². The molecule has 0 spiro atoms. The van der Waals surface area contributed by atoms with Gasteiger partial charge in [-0.3, -0.25) is 9.59 Å². The fourth-order valence-electron chi connectivity index (χ4n) is 2.85. The van der Waals surface area contributed by atoms with E-state index in [2.05, 4.69) is 18.5 Å². The Labute approximate surface area is 184 Å². The quantitative estimate of drug-likeness (QED) is 0.189. The van der Waals surface area contributed by atoms with Crippen molar-refractivity contribution in [2.45, 2.75) is 51.6 Å². The van der Waals surface area contributed by atoms with Gasteiger partial charge in [0.25, 0.3) is 0 Å². The van der Waals surface area contributed by atoms with Crippen LogP contribution >= 0.6 is 0 Å². The molecule has 0 fully saturated rings. The smallest absolute Gasteiger partial charge is 0.311 e. The minimum Gasteiger partial charge on any atom is -0.427 e. The van der Waals surface area contributed by atoms with Crippen LogP contribution in [0.5, 0.6) is 11.5 Å². The van der Waals surface area contributed by atoms with E-state index in [1.54, 1.807) is 36.4 Å². The zero-order chi connectivity index (χ0) is 22.3. The van der Waals surface area contributed by atoms with Crippen molar-refractivity contribution >= 4 is 11.9 Å². The van der Waals surface area contributed by atoms with E-state index < -0.39 is 0 Å². The number of carbonyl (C=O) groups is 2. The molecular weight excluding hydrogens is 390 g/mol. The van der Waals surface area contributed by atoms with E-state index in [-0.39, 0.29) is 11.9 Å². The van der Waals surface area contributed by atoms with Crippen LogP contribution in [0.4, 0.5) is 0 Å². The molecule has 0 aliphatic rings. The second-order valence-corrected chi connectivity index (χ2v) is 7.20. The number of hydrogen-bond acceptors (Lipinski definition) is 5. The third-order valence-corrected chi connectivity index (χ3v) is 4.55. The highest BCUT2D eigenvalue weighted by atomic mass is 16.5. The van der Waals surface area contributed by atoms with Gasteiger partial charge in [0, 0.05) is 25.9 Å². The van der Waals surface area contributed by atoms with E-state index in [4.69, 9.17) is 9.47 Å². The fourth-order valence-corrected chi connectivity index (χ4v) is 2.85. The maximum absolute atomic E-state index is 11.7. The molecule has 0 unspecified atom stereocenters. The summed E-state index contributed by atoms with van der Waals surface area (Å²) in [7, 11) is 0. The second-order valence-electron chi connectivity index (χ2n) is 7.20. The molecule has 5 heteroatoms. The Morgan fingerprint density at radius 2 is 1.10 bits per heavy atom. The Morgan fingerprint density at radius 1 is 0.710 bits per heavy atom. The maximum atomic E-state index is 11.7. The van der Waals surface area contributed by atoms with Crippen molar-refractivity contribution in [2.24, 2.45) is 0 Å². The van der Waals surface area contributed by atoms with Crippen LogP contribution in [0.1, 0.15) is 49.7 Å². The maximum Gasteiger partial charge on any atom is 0.311 e. The molecule has 0 heterocycles. The highest BCUT2D eigenvalue weighted by molar-refractivity contribution is 5.72. The molecule has 5 nitrogen and oxygen atoms in total. The number of allylic oxidation sites excluding steroid dienone is 2.